The molecule has 4 heteroatoms. The molecule has 1 heterocycles. The highest BCUT2D eigenvalue weighted by Gasteiger charge is 2.23. The van der Waals surface area contributed by atoms with Gasteiger partial charge in [-0.25, -0.2) is 0 Å². The van der Waals surface area contributed by atoms with Gasteiger partial charge in [-0.3, -0.25) is 4.79 Å². The molecular formula is C14H11ClO3. The van der Waals surface area contributed by atoms with Gasteiger partial charge in [0.2, 0.25) is 5.78 Å². The summed E-state index contributed by atoms with van der Waals surface area (Å²) in [5.74, 6) is 0.863. The number of benzene rings is 1. The number of hydrogen-bond acceptors (Lipinski definition) is 3. The van der Waals surface area contributed by atoms with Crippen LogP contribution in [0.2, 0.25) is 5.22 Å². The van der Waals surface area contributed by atoms with Gasteiger partial charge in [-0.05, 0) is 60.8 Å². The van der Waals surface area contributed by atoms with Gasteiger partial charge in [0.1, 0.15) is 5.75 Å². The SMILES string of the molecule is O=C(c1ccc(OC2CC2)cc1)c1ccc(Cl)o1. The van der Waals surface area contributed by atoms with Crippen LogP contribution in [0, 0.1) is 0 Å². The van der Waals surface area contributed by atoms with Crippen molar-refractivity contribution in [2.24, 2.45) is 0 Å². The van der Waals surface area contributed by atoms with Crippen molar-refractivity contribution in [2.45, 2.75) is 18.9 Å². The first kappa shape index (κ1) is 11.4. The predicted octanol–water partition coefficient (Wildman–Crippen LogP) is 3.71. The molecule has 0 spiro atoms. The number of carbonyl (C=O) groups excluding carboxylic acids is 1. The van der Waals surface area contributed by atoms with E-state index in [0.29, 0.717) is 11.7 Å². The summed E-state index contributed by atoms with van der Waals surface area (Å²) < 4.78 is 10.7. The minimum absolute atomic E-state index is 0.181. The summed E-state index contributed by atoms with van der Waals surface area (Å²) in [5, 5.41) is 0.215. The molecule has 1 saturated carbocycles. The van der Waals surface area contributed by atoms with Crippen molar-refractivity contribution in [2.75, 3.05) is 0 Å². The monoisotopic (exact) mass is 262 g/mol. The van der Waals surface area contributed by atoms with Crippen molar-refractivity contribution < 1.29 is 13.9 Å². The van der Waals surface area contributed by atoms with Gasteiger partial charge in [0.05, 0.1) is 6.10 Å². The van der Waals surface area contributed by atoms with Crippen molar-refractivity contribution in [1.29, 1.82) is 0 Å². The lowest BCUT2D eigenvalue weighted by Crippen LogP contribution is -2.00. The van der Waals surface area contributed by atoms with Crippen LogP contribution in [0.5, 0.6) is 5.75 Å². The summed E-state index contributed by atoms with van der Waals surface area (Å²) in [4.78, 5) is 12.0. The number of ketones is 1. The minimum Gasteiger partial charge on any atom is -0.490 e. The largest absolute Gasteiger partial charge is 0.490 e. The average molecular weight is 263 g/mol. The van der Waals surface area contributed by atoms with Crippen LogP contribution in [0.4, 0.5) is 0 Å². The fourth-order valence-corrected chi connectivity index (χ4v) is 1.79. The molecule has 1 fully saturated rings. The summed E-state index contributed by atoms with van der Waals surface area (Å²) in [6.07, 6.45) is 2.59. The van der Waals surface area contributed by atoms with Gasteiger partial charge in [0, 0.05) is 5.56 Å². The van der Waals surface area contributed by atoms with Crippen molar-refractivity contribution in [3.05, 3.63) is 52.9 Å². The Morgan fingerprint density at radius 3 is 2.44 bits per heavy atom. The summed E-state index contributed by atoms with van der Waals surface area (Å²) in [5.41, 5.74) is 0.559. The highest BCUT2D eigenvalue weighted by Crippen LogP contribution is 2.27. The minimum atomic E-state index is -0.181. The Hall–Kier alpha value is -1.74. The lowest BCUT2D eigenvalue weighted by molar-refractivity contribution is 0.101. The highest BCUT2D eigenvalue weighted by atomic mass is 35.5. The smallest absolute Gasteiger partial charge is 0.228 e. The van der Waals surface area contributed by atoms with Crippen LogP contribution in [0.15, 0.2) is 40.8 Å². The third-order valence-corrected chi connectivity index (χ3v) is 2.94. The second-order valence-corrected chi connectivity index (χ2v) is 4.65. The summed E-state index contributed by atoms with van der Waals surface area (Å²) in [7, 11) is 0. The maximum absolute atomic E-state index is 12.0. The molecule has 2 aromatic rings. The van der Waals surface area contributed by atoms with Crippen LogP contribution in [-0.2, 0) is 0 Å². The topological polar surface area (TPSA) is 39.4 Å². The number of hydrogen-bond donors (Lipinski definition) is 0. The van der Waals surface area contributed by atoms with E-state index in [0.717, 1.165) is 18.6 Å². The summed E-state index contributed by atoms with van der Waals surface area (Å²) >= 11 is 5.64. The van der Waals surface area contributed by atoms with Crippen molar-refractivity contribution in [3.8, 4) is 5.75 Å². The summed E-state index contributed by atoms with van der Waals surface area (Å²) in [6, 6.07) is 10.2. The van der Waals surface area contributed by atoms with Crippen molar-refractivity contribution >= 4 is 17.4 Å². The molecule has 18 heavy (non-hydrogen) atoms. The zero-order valence-corrected chi connectivity index (χ0v) is 10.3. The zero-order chi connectivity index (χ0) is 12.5. The Kier molecular flexibility index (Phi) is 2.84. The van der Waals surface area contributed by atoms with Gasteiger partial charge in [0.15, 0.2) is 11.0 Å². The van der Waals surface area contributed by atoms with Gasteiger partial charge in [-0.1, -0.05) is 0 Å². The van der Waals surface area contributed by atoms with E-state index < -0.39 is 0 Å². The number of carbonyl (C=O) groups is 1. The third-order valence-electron chi connectivity index (χ3n) is 2.74. The van der Waals surface area contributed by atoms with Crippen LogP contribution in [0.25, 0.3) is 0 Å². The Morgan fingerprint density at radius 2 is 1.89 bits per heavy atom. The highest BCUT2D eigenvalue weighted by molar-refractivity contribution is 6.29. The molecule has 1 aliphatic rings. The Labute approximate surface area is 109 Å². The molecule has 0 saturated heterocycles. The second-order valence-electron chi connectivity index (χ2n) is 4.27. The van der Waals surface area contributed by atoms with Crippen LogP contribution in [-0.4, -0.2) is 11.9 Å². The Bertz CT molecular complexity index is 567. The van der Waals surface area contributed by atoms with Gasteiger partial charge in [-0.15, -0.1) is 0 Å². The van der Waals surface area contributed by atoms with Crippen molar-refractivity contribution in [3.63, 3.8) is 0 Å². The second kappa shape index (κ2) is 4.50. The van der Waals surface area contributed by atoms with E-state index in [4.69, 9.17) is 20.8 Å². The van der Waals surface area contributed by atoms with E-state index in [-0.39, 0.29) is 16.8 Å². The predicted molar refractivity (Wildman–Crippen MR) is 67.2 cm³/mol. The van der Waals surface area contributed by atoms with E-state index in [9.17, 15) is 4.79 Å². The van der Waals surface area contributed by atoms with Gasteiger partial charge in [0.25, 0.3) is 0 Å². The molecule has 3 rings (SSSR count). The zero-order valence-electron chi connectivity index (χ0n) is 9.56. The molecule has 0 radical (unpaired) electrons. The summed E-state index contributed by atoms with van der Waals surface area (Å²) in [6.45, 7) is 0. The molecule has 92 valence electrons. The normalized spacial score (nSPS) is 14.5. The maximum atomic E-state index is 12.0. The van der Waals surface area contributed by atoms with E-state index in [1.54, 1.807) is 36.4 Å². The molecule has 1 aromatic carbocycles. The van der Waals surface area contributed by atoms with Gasteiger partial charge in [-0.2, -0.15) is 0 Å². The first-order chi connectivity index (χ1) is 8.72. The molecule has 0 atom stereocenters. The van der Waals surface area contributed by atoms with Crippen molar-refractivity contribution in [1.82, 2.24) is 0 Å². The van der Waals surface area contributed by atoms with E-state index in [2.05, 4.69) is 0 Å². The number of rotatable bonds is 4. The van der Waals surface area contributed by atoms with E-state index in [1.807, 2.05) is 0 Å². The van der Waals surface area contributed by atoms with Gasteiger partial charge >= 0.3 is 0 Å². The van der Waals surface area contributed by atoms with Gasteiger partial charge < -0.3 is 9.15 Å². The lowest BCUT2D eigenvalue weighted by atomic mass is 10.1. The van der Waals surface area contributed by atoms with Crippen LogP contribution >= 0.6 is 11.6 Å². The molecule has 0 N–H and O–H groups in total. The quantitative estimate of drug-likeness (QED) is 0.789. The first-order valence-corrected chi connectivity index (χ1v) is 6.17. The maximum Gasteiger partial charge on any atom is 0.228 e. The van der Waals surface area contributed by atoms with E-state index in [1.165, 1.54) is 0 Å². The van der Waals surface area contributed by atoms with E-state index >= 15 is 0 Å². The number of halogens is 1. The molecular weight excluding hydrogens is 252 g/mol. The molecule has 0 unspecified atom stereocenters. The molecule has 1 aliphatic carbocycles. The molecule has 1 aromatic heterocycles. The molecule has 3 nitrogen and oxygen atoms in total. The molecule has 0 bridgehead atoms. The number of ether oxygens (including phenoxy) is 1. The fourth-order valence-electron chi connectivity index (χ4n) is 1.64. The molecule has 0 amide bonds. The first-order valence-electron chi connectivity index (χ1n) is 5.79. The van der Waals surface area contributed by atoms with Crippen LogP contribution in [0.1, 0.15) is 29.0 Å². The lowest BCUT2D eigenvalue weighted by Gasteiger charge is -2.04. The standard InChI is InChI=1S/C14H11ClO3/c15-13-8-7-12(18-13)14(16)9-1-3-10(4-2-9)17-11-5-6-11/h1-4,7-8,11H,5-6H2. The number of furan rings is 1. The van der Waals surface area contributed by atoms with Crippen LogP contribution in [0.3, 0.4) is 0 Å². The Balaban J connectivity index is 1.77. The molecule has 0 aliphatic heterocycles. The van der Waals surface area contributed by atoms with Crippen LogP contribution < -0.4 is 4.74 Å². The average Bonchev–Trinajstić information content (AvgIpc) is 3.09. The Morgan fingerprint density at radius 1 is 1.17 bits per heavy atom. The fraction of sp³-hybridized carbons (Fsp3) is 0.214. The third kappa shape index (κ3) is 2.41.